The van der Waals surface area contributed by atoms with Crippen LogP contribution in [-0.4, -0.2) is 13.9 Å². The second kappa shape index (κ2) is 5.75. The Morgan fingerprint density at radius 3 is 1.93 bits per heavy atom. The zero-order valence-electron chi connectivity index (χ0n) is 16.8. The van der Waals surface area contributed by atoms with Crippen LogP contribution < -0.4 is 9.88 Å². The molecule has 4 aliphatic rings. The fourth-order valence-corrected chi connectivity index (χ4v) is 11.8. The molecule has 1 aromatic carbocycles. The second-order valence-electron chi connectivity index (χ2n) is 9.57. The fraction of sp³-hybridized carbons (Fsp3) is 0.417. The Morgan fingerprint density at radius 1 is 0.815 bits per heavy atom. The summed E-state index contributed by atoms with van der Waals surface area (Å²) in [5, 5.41) is 3.79. The summed E-state index contributed by atoms with van der Waals surface area (Å²) in [7, 11) is -1.84. The quantitative estimate of drug-likeness (QED) is 0.643. The van der Waals surface area contributed by atoms with Crippen molar-refractivity contribution in [1.82, 2.24) is 0 Å². The van der Waals surface area contributed by atoms with Crippen molar-refractivity contribution < 1.29 is 0 Å². The first kappa shape index (κ1) is 17.1. The molecule has 0 amide bonds. The number of nitrogens with one attached hydrogen (secondary N) is 1. The Balaban J connectivity index is 1.62. The van der Waals surface area contributed by atoms with E-state index in [0.717, 1.165) is 0 Å². The lowest BCUT2D eigenvalue weighted by molar-refractivity contribution is 0.461. The van der Waals surface area contributed by atoms with E-state index in [-0.39, 0.29) is 5.66 Å². The molecule has 3 heteroatoms. The van der Waals surface area contributed by atoms with E-state index in [1.165, 1.54) is 11.4 Å². The number of rotatable bonds is 2. The standard InChI is InChI=1S/C24H30N2Si/c1-24(2)25-21-15-9-10-16-22(21)26(24)27(3,4)23-19-13-7-5-11-17(19)18-12-6-8-14-20(18)23/h5-20,23,25H,1-4H3. The van der Waals surface area contributed by atoms with Crippen molar-refractivity contribution in [2.24, 2.45) is 23.7 Å². The third-order valence-corrected chi connectivity index (χ3v) is 11.6. The van der Waals surface area contributed by atoms with Crippen molar-refractivity contribution in [2.75, 3.05) is 9.88 Å². The van der Waals surface area contributed by atoms with Crippen molar-refractivity contribution >= 4 is 19.6 Å². The van der Waals surface area contributed by atoms with Gasteiger partial charge in [0, 0.05) is 0 Å². The van der Waals surface area contributed by atoms with Gasteiger partial charge in [-0.15, -0.1) is 0 Å². The molecule has 1 heterocycles. The zero-order chi connectivity index (χ0) is 18.8. The third-order valence-electron chi connectivity index (χ3n) is 7.25. The molecule has 5 rings (SSSR count). The lowest BCUT2D eigenvalue weighted by Crippen LogP contribution is -2.63. The summed E-state index contributed by atoms with van der Waals surface area (Å²) in [6.45, 7) is 9.89. The summed E-state index contributed by atoms with van der Waals surface area (Å²) in [6.07, 6.45) is 19.0. The van der Waals surface area contributed by atoms with E-state index in [1.54, 1.807) is 0 Å². The third kappa shape index (κ3) is 2.37. The largest absolute Gasteiger partial charge is 0.375 e. The normalized spacial score (nSPS) is 35.0. The number of fused-ring (bicyclic) bond motifs is 4. The molecule has 0 radical (unpaired) electrons. The van der Waals surface area contributed by atoms with Gasteiger partial charge >= 0.3 is 0 Å². The Hall–Kier alpha value is -2.00. The van der Waals surface area contributed by atoms with Crippen LogP contribution >= 0.6 is 0 Å². The molecular formula is C24H30N2Si. The molecule has 1 fully saturated rings. The lowest BCUT2D eigenvalue weighted by Gasteiger charge is -2.50. The van der Waals surface area contributed by atoms with E-state index >= 15 is 0 Å². The van der Waals surface area contributed by atoms with Crippen molar-refractivity contribution in [2.45, 2.75) is 38.1 Å². The van der Waals surface area contributed by atoms with Gasteiger partial charge < -0.3 is 9.88 Å². The molecule has 1 N–H and O–H groups in total. The molecule has 1 saturated carbocycles. The van der Waals surface area contributed by atoms with E-state index in [9.17, 15) is 0 Å². The van der Waals surface area contributed by atoms with Crippen molar-refractivity contribution in [3.8, 4) is 0 Å². The molecule has 27 heavy (non-hydrogen) atoms. The van der Waals surface area contributed by atoms with Crippen LogP contribution in [-0.2, 0) is 0 Å². The number of hydrogen-bond donors (Lipinski definition) is 1. The minimum Gasteiger partial charge on any atom is -0.375 e. The number of allylic oxidation sites excluding steroid dienone is 8. The van der Waals surface area contributed by atoms with Gasteiger partial charge in [-0.1, -0.05) is 73.8 Å². The maximum absolute atomic E-state index is 3.79. The SMILES string of the molecule is CC1(C)Nc2ccccc2N1[Si](C)(C)C1C2C=CC=CC2C2C=CC=CC21. The number of benzene rings is 1. The first-order chi connectivity index (χ1) is 12.9. The molecule has 0 saturated heterocycles. The van der Waals surface area contributed by atoms with Crippen LogP contribution in [0.2, 0.25) is 18.6 Å². The van der Waals surface area contributed by atoms with E-state index in [4.69, 9.17) is 0 Å². The van der Waals surface area contributed by atoms with Crippen LogP contribution in [0.15, 0.2) is 72.9 Å². The summed E-state index contributed by atoms with van der Waals surface area (Å²) < 4.78 is 2.79. The van der Waals surface area contributed by atoms with Gasteiger partial charge in [0.25, 0.3) is 0 Å². The smallest absolute Gasteiger partial charge is 0.157 e. The molecule has 1 aromatic rings. The van der Waals surface area contributed by atoms with E-state index in [1.807, 2.05) is 0 Å². The van der Waals surface area contributed by atoms with Crippen LogP contribution in [0.1, 0.15) is 13.8 Å². The Kier molecular flexibility index (Phi) is 3.64. The van der Waals surface area contributed by atoms with Crippen LogP contribution in [0.3, 0.4) is 0 Å². The zero-order valence-corrected chi connectivity index (χ0v) is 17.8. The summed E-state index contributed by atoms with van der Waals surface area (Å²) in [4.78, 5) is 0. The van der Waals surface area contributed by atoms with Gasteiger partial charge in [0.15, 0.2) is 8.24 Å². The summed E-state index contributed by atoms with van der Waals surface area (Å²) in [5.41, 5.74) is 3.33. The Bertz CT molecular complexity index is 842. The van der Waals surface area contributed by atoms with E-state index in [2.05, 4.69) is 110 Å². The molecule has 0 spiro atoms. The van der Waals surface area contributed by atoms with Crippen molar-refractivity contribution in [3.05, 3.63) is 72.9 Å². The van der Waals surface area contributed by atoms with Gasteiger partial charge in [-0.25, -0.2) is 0 Å². The summed E-state index contributed by atoms with van der Waals surface area (Å²) in [5.74, 6) is 2.57. The van der Waals surface area contributed by atoms with Gasteiger partial charge in [-0.3, -0.25) is 0 Å². The molecule has 0 aromatic heterocycles. The monoisotopic (exact) mass is 374 g/mol. The maximum Gasteiger partial charge on any atom is 0.157 e. The minimum absolute atomic E-state index is 0.0462. The average Bonchev–Trinajstić information content (AvgIpc) is 3.12. The lowest BCUT2D eigenvalue weighted by atomic mass is 9.83. The van der Waals surface area contributed by atoms with Gasteiger partial charge in [0.2, 0.25) is 0 Å². The molecule has 4 atom stereocenters. The molecular weight excluding hydrogens is 344 g/mol. The van der Waals surface area contributed by atoms with E-state index < -0.39 is 8.24 Å². The van der Waals surface area contributed by atoms with Crippen LogP contribution in [0, 0.1) is 23.7 Å². The first-order valence-electron chi connectivity index (χ1n) is 10.3. The van der Waals surface area contributed by atoms with Crippen molar-refractivity contribution in [3.63, 3.8) is 0 Å². The molecule has 0 bridgehead atoms. The fourth-order valence-electron chi connectivity index (χ4n) is 6.61. The Morgan fingerprint density at radius 2 is 1.33 bits per heavy atom. The van der Waals surface area contributed by atoms with Gasteiger partial charge in [0.1, 0.15) is 0 Å². The van der Waals surface area contributed by atoms with E-state index in [0.29, 0.717) is 29.2 Å². The molecule has 2 nitrogen and oxygen atoms in total. The molecule has 140 valence electrons. The second-order valence-corrected chi connectivity index (χ2v) is 14.0. The topological polar surface area (TPSA) is 15.3 Å². The number of hydrogen-bond acceptors (Lipinski definition) is 2. The average molecular weight is 375 g/mol. The summed E-state index contributed by atoms with van der Waals surface area (Å²) in [6, 6.07) is 8.87. The van der Waals surface area contributed by atoms with Gasteiger partial charge in [0.05, 0.1) is 17.0 Å². The maximum atomic E-state index is 3.79. The molecule has 3 aliphatic carbocycles. The summed E-state index contributed by atoms with van der Waals surface area (Å²) >= 11 is 0. The predicted octanol–water partition coefficient (Wildman–Crippen LogP) is 5.96. The molecule has 1 aliphatic heterocycles. The number of nitrogens with zero attached hydrogens (tertiary/aromatic N) is 1. The van der Waals surface area contributed by atoms with Gasteiger partial charge in [-0.05, 0) is 55.2 Å². The first-order valence-corrected chi connectivity index (χ1v) is 13.3. The molecule has 4 unspecified atom stereocenters. The van der Waals surface area contributed by atoms with Gasteiger partial charge in [-0.2, -0.15) is 0 Å². The van der Waals surface area contributed by atoms with Crippen LogP contribution in [0.4, 0.5) is 11.4 Å². The van der Waals surface area contributed by atoms with Crippen molar-refractivity contribution in [1.29, 1.82) is 0 Å². The highest BCUT2D eigenvalue weighted by atomic mass is 28.3. The highest BCUT2D eigenvalue weighted by Crippen LogP contribution is 2.60. The highest BCUT2D eigenvalue weighted by Gasteiger charge is 2.58. The van der Waals surface area contributed by atoms with Crippen LogP contribution in [0.5, 0.6) is 0 Å². The Labute approximate surface area is 164 Å². The number of para-hydroxylation sites is 2. The predicted molar refractivity (Wildman–Crippen MR) is 118 cm³/mol. The minimum atomic E-state index is -1.84. The number of anilines is 2. The highest BCUT2D eigenvalue weighted by molar-refractivity contribution is 6.83. The van der Waals surface area contributed by atoms with Crippen LogP contribution in [0.25, 0.3) is 0 Å².